The van der Waals surface area contributed by atoms with Crippen molar-refractivity contribution in [2.75, 3.05) is 0 Å². The number of hydrogen-bond acceptors (Lipinski definition) is 3. The maximum Gasteiger partial charge on any atom is 0.309 e. The van der Waals surface area contributed by atoms with E-state index >= 15 is 0 Å². The molecule has 0 amide bonds. The van der Waals surface area contributed by atoms with E-state index in [2.05, 4.69) is 20.9 Å². The summed E-state index contributed by atoms with van der Waals surface area (Å²) in [4.78, 5) is 14.3. The number of nitro benzene ring substituents is 1. The van der Waals surface area contributed by atoms with Gasteiger partial charge in [0, 0.05) is 11.6 Å². The number of rotatable bonds is 1. The van der Waals surface area contributed by atoms with E-state index in [1.54, 1.807) is 30.5 Å². The summed E-state index contributed by atoms with van der Waals surface area (Å²) >= 11 is 3.14. The molecule has 1 aromatic carbocycles. The maximum absolute atomic E-state index is 10.8. The first-order chi connectivity index (χ1) is 6.70. The van der Waals surface area contributed by atoms with E-state index in [1.165, 1.54) is 0 Å². The predicted molar refractivity (Wildman–Crippen MR) is 56.1 cm³/mol. The molecule has 0 atom stereocenters. The van der Waals surface area contributed by atoms with Crippen LogP contribution in [0.4, 0.5) is 5.69 Å². The zero-order chi connectivity index (χ0) is 10.1. The van der Waals surface area contributed by atoms with Crippen molar-refractivity contribution >= 4 is 32.5 Å². The minimum absolute atomic E-state index is 0.0168. The SMILES string of the molecule is O=[N+]([O-])c1c(Br)ccc2cccnc12. The lowest BCUT2D eigenvalue weighted by molar-refractivity contribution is -0.384. The molecule has 0 fully saturated rings. The molecule has 4 nitrogen and oxygen atoms in total. The molecule has 0 saturated carbocycles. The normalized spacial score (nSPS) is 10.4. The highest BCUT2D eigenvalue weighted by molar-refractivity contribution is 9.10. The largest absolute Gasteiger partial charge is 0.309 e. The van der Waals surface area contributed by atoms with Gasteiger partial charge in [0.1, 0.15) is 5.52 Å². The average molecular weight is 253 g/mol. The summed E-state index contributed by atoms with van der Waals surface area (Å²) < 4.78 is 0.453. The second-order valence-corrected chi connectivity index (χ2v) is 3.58. The molecule has 70 valence electrons. The van der Waals surface area contributed by atoms with Crippen LogP contribution < -0.4 is 0 Å². The van der Waals surface area contributed by atoms with Crippen LogP contribution in [-0.2, 0) is 0 Å². The van der Waals surface area contributed by atoms with Gasteiger partial charge < -0.3 is 0 Å². The lowest BCUT2D eigenvalue weighted by Gasteiger charge is -1.99. The molecule has 0 aliphatic carbocycles. The molecule has 14 heavy (non-hydrogen) atoms. The number of aromatic nitrogens is 1. The molecule has 2 aromatic rings. The van der Waals surface area contributed by atoms with Crippen molar-refractivity contribution in [3.63, 3.8) is 0 Å². The third-order valence-corrected chi connectivity index (χ3v) is 2.52. The molecule has 0 unspecified atom stereocenters. The third kappa shape index (κ3) is 1.35. The van der Waals surface area contributed by atoms with Gasteiger partial charge in [-0.3, -0.25) is 10.1 Å². The lowest BCUT2D eigenvalue weighted by atomic mass is 10.2. The first-order valence-corrected chi connectivity index (χ1v) is 4.67. The smallest absolute Gasteiger partial charge is 0.258 e. The fourth-order valence-electron chi connectivity index (χ4n) is 1.28. The van der Waals surface area contributed by atoms with Gasteiger partial charge in [-0.05, 0) is 28.1 Å². The van der Waals surface area contributed by atoms with E-state index in [0.29, 0.717) is 9.99 Å². The predicted octanol–water partition coefficient (Wildman–Crippen LogP) is 2.91. The summed E-state index contributed by atoms with van der Waals surface area (Å²) in [5, 5.41) is 11.5. The molecule has 0 bridgehead atoms. The van der Waals surface area contributed by atoms with E-state index in [0.717, 1.165) is 5.39 Å². The van der Waals surface area contributed by atoms with E-state index in [4.69, 9.17) is 0 Å². The van der Waals surface area contributed by atoms with Gasteiger partial charge in [-0.2, -0.15) is 0 Å². The van der Waals surface area contributed by atoms with E-state index in [1.807, 2.05) is 0 Å². The van der Waals surface area contributed by atoms with Gasteiger partial charge in [-0.1, -0.05) is 12.1 Å². The average Bonchev–Trinajstić information content (AvgIpc) is 2.17. The minimum atomic E-state index is -0.431. The van der Waals surface area contributed by atoms with Crippen LogP contribution in [0, 0.1) is 10.1 Å². The maximum atomic E-state index is 10.8. The Morgan fingerprint density at radius 2 is 2.14 bits per heavy atom. The van der Waals surface area contributed by atoms with Crippen molar-refractivity contribution in [1.29, 1.82) is 0 Å². The van der Waals surface area contributed by atoms with E-state index in [9.17, 15) is 10.1 Å². The Hall–Kier alpha value is -1.49. The molecule has 5 heteroatoms. The Morgan fingerprint density at radius 3 is 2.86 bits per heavy atom. The van der Waals surface area contributed by atoms with Crippen LogP contribution >= 0.6 is 15.9 Å². The van der Waals surface area contributed by atoms with Crippen LogP contribution in [0.1, 0.15) is 0 Å². The highest BCUT2D eigenvalue weighted by Gasteiger charge is 2.17. The fourth-order valence-corrected chi connectivity index (χ4v) is 1.74. The Balaban J connectivity index is 2.90. The van der Waals surface area contributed by atoms with Crippen LogP contribution in [0.3, 0.4) is 0 Å². The number of pyridine rings is 1. The van der Waals surface area contributed by atoms with Crippen molar-refractivity contribution in [3.05, 3.63) is 45.0 Å². The summed E-state index contributed by atoms with van der Waals surface area (Å²) in [5.41, 5.74) is 0.426. The van der Waals surface area contributed by atoms with Gasteiger partial charge in [-0.15, -0.1) is 0 Å². The van der Waals surface area contributed by atoms with Gasteiger partial charge in [0.05, 0.1) is 9.40 Å². The second-order valence-electron chi connectivity index (χ2n) is 2.73. The van der Waals surface area contributed by atoms with Gasteiger partial charge in [0.25, 0.3) is 0 Å². The van der Waals surface area contributed by atoms with Crippen molar-refractivity contribution in [2.45, 2.75) is 0 Å². The number of fused-ring (bicyclic) bond motifs is 1. The van der Waals surface area contributed by atoms with Crippen LogP contribution in [0.15, 0.2) is 34.9 Å². The first kappa shape index (κ1) is 9.08. The topological polar surface area (TPSA) is 56.0 Å². The Morgan fingerprint density at radius 1 is 1.36 bits per heavy atom. The summed E-state index contributed by atoms with van der Waals surface area (Å²) in [6.45, 7) is 0. The molecule has 0 aliphatic heterocycles. The molecule has 2 rings (SSSR count). The van der Waals surface area contributed by atoms with E-state index < -0.39 is 4.92 Å². The quantitative estimate of drug-likeness (QED) is 0.579. The lowest BCUT2D eigenvalue weighted by Crippen LogP contribution is -1.92. The number of benzene rings is 1. The van der Waals surface area contributed by atoms with Gasteiger partial charge in [0.15, 0.2) is 0 Å². The molecule has 0 spiro atoms. The summed E-state index contributed by atoms with van der Waals surface area (Å²) in [5.74, 6) is 0. The van der Waals surface area contributed by atoms with Crippen molar-refractivity contribution < 1.29 is 4.92 Å². The molecule has 0 N–H and O–H groups in total. The summed E-state index contributed by atoms with van der Waals surface area (Å²) in [6, 6.07) is 6.99. The van der Waals surface area contributed by atoms with Gasteiger partial charge >= 0.3 is 5.69 Å². The molecule has 0 aliphatic rings. The second kappa shape index (κ2) is 3.34. The first-order valence-electron chi connectivity index (χ1n) is 3.88. The zero-order valence-electron chi connectivity index (χ0n) is 6.98. The highest BCUT2D eigenvalue weighted by atomic mass is 79.9. The number of nitro groups is 1. The number of halogens is 1. The van der Waals surface area contributed by atoms with Crippen molar-refractivity contribution in [3.8, 4) is 0 Å². The Labute approximate surface area is 87.9 Å². The third-order valence-electron chi connectivity index (χ3n) is 1.88. The molecule has 0 radical (unpaired) electrons. The van der Waals surface area contributed by atoms with E-state index in [-0.39, 0.29) is 5.69 Å². The molecular weight excluding hydrogens is 248 g/mol. The minimum Gasteiger partial charge on any atom is -0.258 e. The number of nitrogens with zero attached hydrogens (tertiary/aromatic N) is 2. The molecule has 1 aromatic heterocycles. The highest BCUT2D eigenvalue weighted by Crippen LogP contribution is 2.31. The standard InChI is InChI=1S/C9H5BrN2O2/c10-7-4-3-6-2-1-5-11-8(6)9(7)12(13)14/h1-5H. The van der Waals surface area contributed by atoms with Gasteiger partial charge in [0.2, 0.25) is 0 Å². The van der Waals surface area contributed by atoms with Crippen molar-refractivity contribution in [2.24, 2.45) is 0 Å². The Bertz CT molecular complexity index is 513. The molecule has 1 heterocycles. The monoisotopic (exact) mass is 252 g/mol. The summed E-state index contributed by atoms with van der Waals surface area (Å²) in [6.07, 6.45) is 1.54. The fraction of sp³-hybridized carbons (Fsp3) is 0. The van der Waals surface area contributed by atoms with Gasteiger partial charge in [-0.25, -0.2) is 4.98 Å². The number of hydrogen-bond donors (Lipinski definition) is 0. The zero-order valence-corrected chi connectivity index (χ0v) is 8.56. The van der Waals surface area contributed by atoms with Crippen LogP contribution in [0.25, 0.3) is 10.9 Å². The van der Waals surface area contributed by atoms with Crippen LogP contribution in [-0.4, -0.2) is 9.91 Å². The molecule has 0 saturated heterocycles. The summed E-state index contributed by atoms with van der Waals surface area (Å²) in [7, 11) is 0. The van der Waals surface area contributed by atoms with Crippen LogP contribution in [0.5, 0.6) is 0 Å². The Kier molecular flexibility index (Phi) is 2.17. The van der Waals surface area contributed by atoms with Crippen LogP contribution in [0.2, 0.25) is 0 Å². The molecular formula is C9H5BrN2O2. The van der Waals surface area contributed by atoms with Crippen molar-refractivity contribution in [1.82, 2.24) is 4.98 Å².